The Morgan fingerprint density at radius 3 is 2.78 bits per heavy atom. The third-order valence-electron chi connectivity index (χ3n) is 6.70. The minimum absolute atomic E-state index is 0.103. The maximum absolute atomic E-state index is 12.2. The number of primary amides is 1. The van der Waals surface area contributed by atoms with Crippen LogP contribution < -0.4 is 20.5 Å². The maximum atomic E-state index is 12.2. The molecule has 0 saturated heterocycles. The summed E-state index contributed by atoms with van der Waals surface area (Å²) in [7, 11) is 0. The lowest BCUT2D eigenvalue weighted by molar-refractivity contribution is 0.100. The van der Waals surface area contributed by atoms with E-state index in [0.29, 0.717) is 37.6 Å². The molecule has 1 aromatic heterocycles. The van der Waals surface area contributed by atoms with Crippen LogP contribution in [0.15, 0.2) is 55.3 Å². The van der Waals surface area contributed by atoms with E-state index in [2.05, 4.69) is 37.0 Å². The Kier molecular flexibility index (Phi) is 9.25. The zero-order valence-corrected chi connectivity index (χ0v) is 21.7. The molecule has 0 bridgehead atoms. The van der Waals surface area contributed by atoms with Gasteiger partial charge < -0.3 is 30.2 Å². The fourth-order valence-electron chi connectivity index (χ4n) is 4.61. The molecule has 1 aliphatic rings. The number of fused-ring (bicyclic) bond motifs is 1. The number of aliphatic hydroxyl groups excluding tert-OH is 1. The highest BCUT2D eigenvalue weighted by atomic mass is 16.5. The van der Waals surface area contributed by atoms with Crippen LogP contribution in [0.4, 0.5) is 0 Å². The fourth-order valence-corrected chi connectivity index (χ4v) is 4.61. The van der Waals surface area contributed by atoms with Gasteiger partial charge in [-0.15, -0.1) is 6.58 Å². The molecule has 198 valence electrons. The van der Waals surface area contributed by atoms with E-state index in [1.807, 2.05) is 35.0 Å². The van der Waals surface area contributed by atoms with Gasteiger partial charge in [0.2, 0.25) is 0 Å². The van der Waals surface area contributed by atoms with E-state index in [4.69, 9.17) is 15.2 Å². The first-order valence-electron chi connectivity index (χ1n) is 13.2. The first kappa shape index (κ1) is 26.8. The highest BCUT2D eigenvalue weighted by molar-refractivity contribution is 6.05. The van der Waals surface area contributed by atoms with Crippen molar-refractivity contribution in [1.29, 1.82) is 0 Å². The van der Waals surface area contributed by atoms with Crippen LogP contribution in [0.25, 0.3) is 10.9 Å². The summed E-state index contributed by atoms with van der Waals surface area (Å²) in [5, 5.41) is 13.7. The van der Waals surface area contributed by atoms with Crippen LogP contribution in [0.5, 0.6) is 11.5 Å². The summed E-state index contributed by atoms with van der Waals surface area (Å²) in [5.41, 5.74) is 9.28. The quantitative estimate of drug-likeness (QED) is 0.200. The Balaban J connectivity index is 1.33. The minimum Gasteiger partial charge on any atom is -0.489 e. The van der Waals surface area contributed by atoms with Gasteiger partial charge >= 0.3 is 0 Å². The van der Waals surface area contributed by atoms with Gasteiger partial charge in [-0.2, -0.15) is 0 Å². The lowest BCUT2D eigenvalue weighted by Crippen LogP contribution is -2.32. The number of rotatable bonds is 16. The van der Waals surface area contributed by atoms with E-state index in [1.54, 1.807) is 0 Å². The van der Waals surface area contributed by atoms with Crippen molar-refractivity contribution in [3.05, 3.63) is 71.9 Å². The number of amides is 1. The van der Waals surface area contributed by atoms with Crippen molar-refractivity contribution in [3.63, 3.8) is 0 Å². The molecule has 4 rings (SSSR count). The number of carbonyl (C=O) groups excluding carboxylic acids is 1. The number of benzene rings is 2. The van der Waals surface area contributed by atoms with Crippen LogP contribution >= 0.6 is 0 Å². The second kappa shape index (κ2) is 12.8. The molecule has 0 aliphatic heterocycles. The van der Waals surface area contributed by atoms with Gasteiger partial charge in [0.05, 0.1) is 17.7 Å². The number of allylic oxidation sites excluding steroid dienone is 1. The van der Waals surface area contributed by atoms with E-state index in [-0.39, 0.29) is 12.6 Å². The number of ether oxygens (including phenoxy) is 2. The van der Waals surface area contributed by atoms with Crippen LogP contribution in [0.1, 0.15) is 47.7 Å². The molecule has 37 heavy (non-hydrogen) atoms. The molecule has 3 aromatic rings. The van der Waals surface area contributed by atoms with Gasteiger partial charge in [0.15, 0.2) is 11.5 Å². The van der Waals surface area contributed by atoms with Crippen LogP contribution in [-0.4, -0.2) is 48.0 Å². The predicted molar refractivity (Wildman–Crippen MR) is 147 cm³/mol. The largest absolute Gasteiger partial charge is 0.489 e. The van der Waals surface area contributed by atoms with Crippen molar-refractivity contribution in [1.82, 2.24) is 9.88 Å². The molecule has 0 spiro atoms. The molecule has 1 amide bonds. The predicted octanol–water partition coefficient (Wildman–Crippen LogP) is 4.24. The molecule has 4 N–H and O–H groups in total. The van der Waals surface area contributed by atoms with Gasteiger partial charge in [0.25, 0.3) is 5.91 Å². The topological polar surface area (TPSA) is 98.7 Å². The van der Waals surface area contributed by atoms with Crippen molar-refractivity contribution >= 4 is 16.8 Å². The number of aromatic nitrogens is 1. The summed E-state index contributed by atoms with van der Waals surface area (Å²) < 4.78 is 14.1. The van der Waals surface area contributed by atoms with Crippen LogP contribution in [0.3, 0.4) is 0 Å². The molecule has 7 nitrogen and oxygen atoms in total. The van der Waals surface area contributed by atoms with Gasteiger partial charge in [-0.25, -0.2) is 0 Å². The summed E-state index contributed by atoms with van der Waals surface area (Å²) in [5.74, 6) is 1.80. The molecule has 1 aliphatic carbocycles. The minimum atomic E-state index is -0.441. The fraction of sp³-hybridized carbons (Fsp3) is 0.433. The number of nitrogens with one attached hydrogen (secondary N) is 1. The van der Waals surface area contributed by atoms with E-state index in [1.165, 1.54) is 12.8 Å². The van der Waals surface area contributed by atoms with E-state index in [0.717, 1.165) is 53.0 Å². The van der Waals surface area contributed by atoms with E-state index >= 15 is 0 Å². The maximum Gasteiger partial charge on any atom is 0.250 e. The Hall–Kier alpha value is -3.29. The third kappa shape index (κ3) is 7.37. The number of aliphatic hydroxyl groups is 1. The normalized spacial score (nSPS) is 14.0. The molecule has 2 aromatic carbocycles. The average Bonchev–Trinajstić information content (AvgIpc) is 3.63. The first-order chi connectivity index (χ1) is 18.0. The molecule has 1 fully saturated rings. The second-order valence-electron chi connectivity index (χ2n) is 9.97. The molecule has 7 heteroatoms. The number of hydrogen-bond donors (Lipinski definition) is 3. The SMILES string of the molecule is C=CCc1ccc(OCCN[C@H](C)Cc2cc(C(N)=O)c3c(ccn3CCCO)c2)c(OCC2CC2)c1. The van der Waals surface area contributed by atoms with Crippen molar-refractivity contribution in [2.45, 2.75) is 51.6 Å². The smallest absolute Gasteiger partial charge is 0.250 e. The highest BCUT2D eigenvalue weighted by Gasteiger charge is 2.22. The zero-order chi connectivity index (χ0) is 26.2. The summed E-state index contributed by atoms with van der Waals surface area (Å²) in [6.45, 7) is 8.63. The van der Waals surface area contributed by atoms with Gasteiger partial charge in [-0.1, -0.05) is 12.1 Å². The third-order valence-corrected chi connectivity index (χ3v) is 6.70. The second-order valence-corrected chi connectivity index (χ2v) is 9.97. The van der Waals surface area contributed by atoms with Crippen molar-refractivity contribution in [3.8, 4) is 11.5 Å². The number of carbonyl (C=O) groups is 1. The Labute approximate surface area is 219 Å². The molecule has 0 unspecified atom stereocenters. The molecule has 0 radical (unpaired) electrons. The van der Waals surface area contributed by atoms with Gasteiger partial charge in [0, 0.05) is 37.3 Å². The van der Waals surface area contributed by atoms with Gasteiger partial charge in [-0.3, -0.25) is 4.79 Å². The highest BCUT2D eigenvalue weighted by Crippen LogP contribution is 2.33. The lowest BCUT2D eigenvalue weighted by Gasteiger charge is -2.17. The lowest BCUT2D eigenvalue weighted by atomic mass is 10.0. The molecule has 1 saturated carbocycles. The molecular formula is C30H39N3O4. The van der Waals surface area contributed by atoms with Crippen LogP contribution in [0.2, 0.25) is 0 Å². The van der Waals surface area contributed by atoms with Crippen molar-refractivity contribution in [2.24, 2.45) is 11.7 Å². The Bertz CT molecular complexity index is 1220. The summed E-state index contributed by atoms with van der Waals surface area (Å²) in [4.78, 5) is 12.2. The summed E-state index contributed by atoms with van der Waals surface area (Å²) in [6, 6.07) is 12.3. The summed E-state index contributed by atoms with van der Waals surface area (Å²) >= 11 is 0. The zero-order valence-electron chi connectivity index (χ0n) is 21.7. The Morgan fingerprint density at radius 1 is 1.22 bits per heavy atom. The Morgan fingerprint density at radius 2 is 2.05 bits per heavy atom. The van der Waals surface area contributed by atoms with Crippen molar-refractivity contribution < 1.29 is 19.4 Å². The standard InChI is InChI=1S/C30H39N3O4/c1-3-5-22-8-9-27(28(19-22)37-20-23-6-7-23)36-15-11-32-21(2)16-24-17-25-10-13-33(12-4-14-34)29(25)26(18-24)30(31)35/h3,8-10,13,17-19,21,23,32,34H,1,4-7,11-12,14-16,20H2,2H3,(H2,31,35)/t21-/m1/s1. The molecule has 1 heterocycles. The summed E-state index contributed by atoms with van der Waals surface area (Å²) in [6.07, 6.45) is 8.51. The number of hydrogen-bond acceptors (Lipinski definition) is 5. The van der Waals surface area contributed by atoms with E-state index < -0.39 is 5.91 Å². The molecule has 1 atom stereocenters. The number of nitrogens with two attached hydrogens (primary N) is 1. The average molecular weight is 506 g/mol. The van der Waals surface area contributed by atoms with Gasteiger partial charge in [-0.05, 0) is 86.4 Å². The molecular weight excluding hydrogens is 466 g/mol. The monoisotopic (exact) mass is 505 g/mol. The number of aryl methyl sites for hydroxylation is 1. The number of nitrogens with zero attached hydrogens (tertiary/aromatic N) is 1. The first-order valence-corrected chi connectivity index (χ1v) is 13.2. The van der Waals surface area contributed by atoms with Crippen LogP contribution in [-0.2, 0) is 19.4 Å². The van der Waals surface area contributed by atoms with E-state index in [9.17, 15) is 9.90 Å². The van der Waals surface area contributed by atoms with Crippen molar-refractivity contribution in [2.75, 3.05) is 26.4 Å². The van der Waals surface area contributed by atoms with Crippen LogP contribution in [0, 0.1) is 5.92 Å². The van der Waals surface area contributed by atoms with Gasteiger partial charge in [0.1, 0.15) is 6.61 Å².